The number of fused-ring (bicyclic) bond motifs is 1. The zero-order valence-corrected chi connectivity index (χ0v) is 19.4. The molecule has 4 aromatic carbocycles. The minimum absolute atomic E-state index is 0.125. The van der Waals surface area contributed by atoms with Crippen LogP contribution in [-0.4, -0.2) is 24.5 Å². The first-order chi connectivity index (χ1) is 17.0. The minimum Gasteiger partial charge on any atom is -0.322 e. The zero-order chi connectivity index (χ0) is 24.3. The first-order valence-electron chi connectivity index (χ1n) is 11.0. The van der Waals surface area contributed by atoms with E-state index in [-0.39, 0.29) is 17.3 Å². The molecule has 1 heterocycles. The van der Waals surface area contributed by atoms with Crippen LogP contribution in [0, 0.1) is 0 Å². The second-order valence-corrected chi connectivity index (χ2v) is 9.85. The Bertz CT molecular complexity index is 1580. The van der Waals surface area contributed by atoms with E-state index in [2.05, 4.69) is 15.5 Å². The maximum absolute atomic E-state index is 13.6. The van der Waals surface area contributed by atoms with Crippen molar-refractivity contribution in [2.45, 2.75) is 11.4 Å². The molecule has 0 unspecified atom stereocenters. The number of hydrogen-bond acceptors (Lipinski definition) is 4. The van der Waals surface area contributed by atoms with Crippen molar-refractivity contribution < 1.29 is 13.2 Å². The fourth-order valence-corrected chi connectivity index (χ4v) is 5.28. The van der Waals surface area contributed by atoms with Crippen molar-refractivity contribution in [2.24, 2.45) is 0 Å². The van der Waals surface area contributed by atoms with Gasteiger partial charge in [0.2, 0.25) is 0 Å². The Morgan fingerprint density at radius 3 is 2.37 bits per heavy atom. The molecular weight excluding hydrogens is 460 g/mol. The monoisotopic (exact) mass is 482 g/mol. The van der Waals surface area contributed by atoms with Crippen molar-refractivity contribution in [1.82, 2.24) is 10.2 Å². The van der Waals surface area contributed by atoms with Gasteiger partial charge < -0.3 is 5.32 Å². The Balaban J connectivity index is 1.48. The van der Waals surface area contributed by atoms with E-state index in [9.17, 15) is 13.2 Å². The number of amides is 1. The third-order valence-electron chi connectivity index (χ3n) is 5.59. The van der Waals surface area contributed by atoms with Gasteiger partial charge in [0, 0.05) is 16.6 Å². The molecule has 1 amide bonds. The summed E-state index contributed by atoms with van der Waals surface area (Å²) >= 11 is 0. The van der Waals surface area contributed by atoms with Crippen LogP contribution in [0.2, 0.25) is 0 Å². The molecule has 0 saturated heterocycles. The normalized spacial score (nSPS) is 11.3. The number of carbonyl (C=O) groups is 1. The van der Waals surface area contributed by atoms with Crippen LogP contribution in [0.4, 0.5) is 11.4 Å². The SMILES string of the molecule is O=C(Nc1ccc2[nH]ncc2c1)c1cccc(N(Cc2ccccc2)S(=O)(=O)c2ccccc2)c1. The van der Waals surface area contributed by atoms with Gasteiger partial charge in [0.05, 0.1) is 28.8 Å². The zero-order valence-electron chi connectivity index (χ0n) is 18.6. The maximum atomic E-state index is 13.6. The van der Waals surface area contributed by atoms with Crippen molar-refractivity contribution in [3.8, 4) is 0 Å². The maximum Gasteiger partial charge on any atom is 0.264 e. The van der Waals surface area contributed by atoms with E-state index in [0.29, 0.717) is 16.9 Å². The number of hydrogen-bond donors (Lipinski definition) is 2. The van der Waals surface area contributed by atoms with Crippen LogP contribution in [0.1, 0.15) is 15.9 Å². The van der Waals surface area contributed by atoms with Gasteiger partial charge in [-0.2, -0.15) is 5.10 Å². The largest absolute Gasteiger partial charge is 0.322 e. The number of nitrogens with zero attached hydrogens (tertiary/aromatic N) is 2. The van der Waals surface area contributed by atoms with Crippen LogP contribution in [0.15, 0.2) is 114 Å². The molecule has 8 heteroatoms. The summed E-state index contributed by atoms with van der Waals surface area (Å²) in [6.45, 7) is 0.125. The molecule has 0 aliphatic carbocycles. The number of aromatic nitrogens is 2. The van der Waals surface area contributed by atoms with Crippen molar-refractivity contribution >= 4 is 38.2 Å². The molecule has 35 heavy (non-hydrogen) atoms. The number of benzene rings is 4. The van der Waals surface area contributed by atoms with Gasteiger partial charge in [-0.15, -0.1) is 0 Å². The highest BCUT2D eigenvalue weighted by atomic mass is 32.2. The van der Waals surface area contributed by atoms with Gasteiger partial charge >= 0.3 is 0 Å². The van der Waals surface area contributed by atoms with Crippen molar-refractivity contribution in [3.05, 3.63) is 120 Å². The Morgan fingerprint density at radius 1 is 0.857 bits per heavy atom. The number of carbonyl (C=O) groups excluding carboxylic acids is 1. The van der Waals surface area contributed by atoms with Gasteiger partial charge in [-0.25, -0.2) is 8.42 Å². The van der Waals surface area contributed by atoms with Crippen LogP contribution in [0.25, 0.3) is 10.9 Å². The first-order valence-corrected chi connectivity index (χ1v) is 12.4. The highest BCUT2D eigenvalue weighted by Crippen LogP contribution is 2.27. The smallest absolute Gasteiger partial charge is 0.264 e. The van der Waals surface area contributed by atoms with Crippen LogP contribution >= 0.6 is 0 Å². The molecule has 0 saturated carbocycles. The minimum atomic E-state index is -3.88. The summed E-state index contributed by atoms with van der Waals surface area (Å²) in [6, 6.07) is 29.7. The summed E-state index contributed by atoms with van der Waals surface area (Å²) < 4.78 is 28.6. The molecule has 0 aliphatic rings. The van der Waals surface area contributed by atoms with E-state index < -0.39 is 10.0 Å². The molecule has 0 atom stereocenters. The Labute approximate surface area is 203 Å². The van der Waals surface area contributed by atoms with E-state index in [0.717, 1.165) is 16.5 Å². The van der Waals surface area contributed by atoms with Crippen LogP contribution < -0.4 is 9.62 Å². The van der Waals surface area contributed by atoms with E-state index in [1.54, 1.807) is 66.9 Å². The van der Waals surface area contributed by atoms with Gasteiger partial charge in [-0.3, -0.25) is 14.2 Å². The van der Waals surface area contributed by atoms with Gasteiger partial charge in [0.15, 0.2) is 0 Å². The van der Waals surface area contributed by atoms with E-state index in [1.165, 1.54) is 4.31 Å². The lowest BCUT2D eigenvalue weighted by Gasteiger charge is -2.25. The third-order valence-corrected chi connectivity index (χ3v) is 7.38. The fourth-order valence-electron chi connectivity index (χ4n) is 3.81. The summed E-state index contributed by atoms with van der Waals surface area (Å²) in [5, 5.41) is 10.6. The van der Waals surface area contributed by atoms with Gasteiger partial charge in [-0.05, 0) is 54.1 Å². The molecule has 1 aromatic heterocycles. The standard InChI is InChI=1S/C27H22N4O3S/c32-27(29-23-14-15-26-22(16-23)18-28-30-26)21-10-7-11-24(17-21)31(19-20-8-3-1-4-9-20)35(33,34)25-12-5-2-6-13-25/h1-18H,19H2,(H,28,30)(H,29,32). The second-order valence-electron chi connectivity index (χ2n) is 7.99. The van der Waals surface area contributed by atoms with Crippen molar-refractivity contribution in [3.63, 3.8) is 0 Å². The second kappa shape index (κ2) is 9.44. The predicted molar refractivity (Wildman–Crippen MR) is 137 cm³/mol. The highest BCUT2D eigenvalue weighted by Gasteiger charge is 2.25. The molecule has 174 valence electrons. The molecule has 5 aromatic rings. The van der Waals surface area contributed by atoms with E-state index >= 15 is 0 Å². The quantitative estimate of drug-likeness (QED) is 0.333. The van der Waals surface area contributed by atoms with Gasteiger partial charge in [0.25, 0.3) is 15.9 Å². The number of nitrogens with one attached hydrogen (secondary N) is 2. The summed E-state index contributed by atoms with van der Waals surface area (Å²) in [6.07, 6.45) is 1.68. The fraction of sp³-hybridized carbons (Fsp3) is 0.0370. The lowest BCUT2D eigenvalue weighted by molar-refractivity contribution is 0.102. The van der Waals surface area contributed by atoms with E-state index in [1.807, 2.05) is 42.5 Å². The van der Waals surface area contributed by atoms with Crippen LogP contribution in [-0.2, 0) is 16.6 Å². The summed E-state index contributed by atoms with van der Waals surface area (Å²) in [7, 11) is -3.88. The molecule has 5 rings (SSSR count). The molecule has 0 fully saturated rings. The van der Waals surface area contributed by atoms with Gasteiger partial charge in [-0.1, -0.05) is 54.6 Å². The molecule has 7 nitrogen and oxygen atoms in total. The van der Waals surface area contributed by atoms with Crippen LogP contribution in [0.5, 0.6) is 0 Å². The van der Waals surface area contributed by atoms with Crippen molar-refractivity contribution in [1.29, 1.82) is 0 Å². The topological polar surface area (TPSA) is 95.2 Å². The number of sulfonamides is 1. The number of H-pyrrole nitrogens is 1. The Hall–Kier alpha value is -4.43. The Morgan fingerprint density at radius 2 is 1.60 bits per heavy atom. The van der Waals surface area contributed by atoms with Crippen LogP contribution in [0.3, 0.4) is 0 Å². The van der Waals surface area contributed by atoms with Crippen molar-refractivity contribution in [2.75, 3.05) is 9.62 Å². The average molecular weight is 483 g/mol. The first kappa shape index (κ1) is 22.4. The number of aromatic amines is 1. The predicted octanol–water partition coefficient (Wildman–Crippen LogP) is 5.21. The molecule has 0 aliphatic heterocycles. The lowest BCUT2D eigenvalue weighted by atomic mass is 10.1. The summed E-state index contributed by atoms with van der Waals surface area (Å²) in [5.41, 5.74) is 3.06. The average Bonchev–Trinajstić information content (AvgIpc) is 3.36. The lowest BCUT2D eigenvalue weighted by Crippen LogP contribution is -2.30. The molecule has 0 bridgehead atoms. The number of anilines is 2. The molecule has 2 N–H and O–H groups in total. The summed E-state index contributed by atoms with van der Waals surface area (Å²) in [4.78, 5) is 13.2. The highest BCUT2D eigenvalue weighted by molar-refractivity contribution is 7.92. The summed E-state index contributed by atoms with van der Waals surface area (Å²) in [5.74, 6) is -0.341. The third kappa shape index (κ3) is 4.78. The molecular formula is C27H22N4O3S. The molecule has 0 radical (unpaired) electrons. The van der Waals surface area contributed by atoms with Gasteiger partial charge in [0.1, 0.15) is 0 Å². The number of rotatable bonds is 7. The molecule has 0 spiro atoms. The van der Waals surface area contributed by atoms with E-state index in [4.69, 9.17) is 0 Å². The Kier molecular flexibility index (Phi) is 6.03.